The third-order valence-electron chi connectivity index (χ3n) is 7.03. The molecule has 0 N–H and O–H groups in total. The van der Waals surface area contributed by atoms with Gasteiger partial charge in [0.25, 0.3) is 0 Å². The van der Waals surface area contributed by atoms with Crippen molar-refractivity contribution < 1.29 is 0 Å². The maximum absolute atomic E-state index is 4.35. The van der Waals surface area contributed by atoms with Crippen LogP contribution in [-0.4, -0.2) is 57.2 Å². The summed E-state index contributed by atoms with van der Waals surface area (Å²) in [4.78, 5) is 26.1. The van der Waals surface area contributed by atoms with Crippen LogP contribution in [0.2, 0.25) is 0 Å². The molecule has 0 fully saturated rings. The van der Waals surface area contributed by atoms with E-state index in [0.717, 1.165) is 65.4 Å². The first kappa shape index (κ1) is 28.2. The summed E-state index contributed by atoms with van der Waals surface area (Å²) >= 11 is 0. The Morgan fingerprint density at radius 3 is 0.558 bits per heavy atom. The summed E-state index contributed by atoms with van der Waals surface area (Å²) in [6.07, 6.45) is 10.8. The van der Waals surface area contributed by atoms with Crippen LogP contribution in [0.3, 0.4) is 0 Å². The van der Waals surface area contributed by atoms with Crippen LogP contribution in [0.1, 0.15) is 0 Å². The summed E-state index contributed by atoms with van der Waals surface area (Å²) in [6.45, 7) is 0. The van der Waals surface area contributed by atoms with Gasteiger partial charge in [0.15, 0.2) is 0 Å². The molecular weight excluding hydrogens is 724 g/mol. The Hall–Kier alpha value is -4.96. The van der Waals surface area contributed by atoms with E-state index >= 15 is 0 Å². The normalized spacial score (nSPS) is 10.6. The minimum absolute atomic E-state index is 0. The van der Waals surface area contributed by atoms with Crippen molar-refractivity contribution in [3.8, 4) is 0 Å². The topological polar surface area (TPSA) is 77.3 Å². The molecule has 0 bridgehead atoms. The van der Waals surface area contributed by atoms with Crippen molar-refractivity contribution in [2.45, 2.75) is 0 Å². The van der Waals surface area contributed by atoms with Gasteiger partial charge < -0.3 is 0 Å². The molecule has 0 aliphatic rings. The van der Waals surface area contributed by atoms with Gasteiger partial charge in [-0.05, 0) is 36.4 Å². The second kappa shape index (κ2) is 12.9. The SMILES string of the molecule is [Pb+2].c1cnc2c(c1)ccc1cccnc12.c1cnc2c(c1)ccc1cccnc12.c1cnc2c(c1)ccc1cccnc12. The number of fused-ring (bicyclic) bond motifs is 9. The predicted molar refractivity (Wildman–Crippen MR) is 177 cm³/mol. The van der Waals surface area contributed by atoms with Crippen LogP contribution >= 0.6 is 0 Å². The Morgan fingerprint density at radius 2 is 0.395 bits per heavy atom. The van der Waals surface area contributed by atoms with Crippen LogP contribution in [0.5, 0.6) is 0 Å². The molecule has 9 rings (SSSR count). The number of pyridine rings is 6. The van der Waals surface area contributed by atoms with E-state index in [0.29, 0.717) is 0 Å². The summed E-state index contributed by atoms with van der Waals surface area (Å²) in [5.74, 6) is 0. The van der Waals surface area contributed by atoms with Crippen molar-refractivity contribution in [1.82, 2.24) is 29.9 Å². The van der Waals surface area contributed by atoms with E-state index < -0.39 is 0 Å². The molecule has 43 heavy (non-hydrogen) atoms. The predicted octanol–water partition coefficient (Wildman–Crippen LogP) is 7.97. The molecule has 6 heterocycles. The van der Waals surface area contributed by atoms with Crippen LogP contribution in [-0.2, 0) is 0 Å². The molecule has 3 aromatic carbocycles. The maximum Gasteiger partial charge on any atom is 2.00 e. The largest absolute Gasteiger partial charge is 2.00 e. The van der Waals surface area contributed by atoms with Crippen molar-refractivity contribution in [2.24, 2.45) is 0 Å². The van der Waals surface area contributed by atoms with Crippen LogP contribution in [0.15, 0.2) is 146 Å². The van der Waals surface area contributed by atoms with E-state index in [2.05, 4.69) is 103 Å². The zero-order valence-electron chi connectivity index (χ0n) is 23.0. The van der Waals surface area contributed by atoms with E-state index in [4.69, 9.17) is 0 Å². The second-order valence-electron chi connectivity index (χ2n) is 9.65. The van der Waals surface area contributed by atoms with E-state index in [1.807, 2.05) is 36.4 Å². The number of rotatable bonds is 0. The van der Waals surface area contributed by atoms with Crippen molar-refractivity contribution in [1.29, 1.82) is 0 Å². The van der Waals surface area contributed by atoms with E-state index in [9.17, 15) is 0 Å². The fourth-order valence-corrected chi connectivity index (χ4v) is 5.04. The monoisotopic (exact) mass is 748 g/mol. The molecule has 0 aliphatic heterocycles. The molecule has 9 aromatic rings. The van der Waals surface area contributed by atoms with E-state index in [1.54, 1.807) is 37.2 Å². The van der Waals surface area contributed by atoms with Crippen LogP contribution in [0.4, 0.5) is 0 Å². The molecule has 2 radical (unpaired) electrons. The molecule has 6 nitrogen and oxygen atoms in total. The van der Waals surface area contributed by atoms with E-state index in [1.165, 1.54) is 0 Å². The van der Waals surface area contributed by atoms with Crippen LogP contribution < -0.4 is 0 Å². The third-order valence-corrected chi connectivity index (χ3v) is 7.03. The van der Waals surface area contributed by atoms with Crippen molar-refractivity contribution in [2.75, 3.05) is 0 Å². The minimum Gasteiger partial charge on any atom is -0.254 e. The number of aromatic nitrogens is 6. The average molecular weight is 748 g/mol. The summed E-state index contributed by atoms with van der Waals surface area (Å²) in [5, 5.41) is 6.83. The smallest absolute Gasteiger partial charge is 0.254 e. The van der Waals surface area contributed by atoms with Gasteiger partial charge in [0.2, 0.25) is 0 Å². The summed E-state index contributed by atoms with van der Waals surface area (Å²) in [5.41, 5.74) is 5.86. The van der Waals surface area contributed by atoms with Crippen molar-refractivity contribution in [3.05, 3.63) is 146 Å². The molecule has 7 heteroatoms. The minimum atomic E-state index is 0. The van der Waals surface area contributed by atoms with Crippen molar-refractivity contribution in [3.63, 3.8) is 0 Å². The first-order valence-corrected chi connectivity index (χ1v) is 13.6. The number of nitrogens with zero attached hydrogens (tertiary/aromatic N) is 6. The Bertz CT molecular complexity index is 1910. The number of benzene rings is 3. The third kappa shape index (κ3) is 5.87. The maximum atomic E-state index is 4.35. The van der Waals surface area contributed by atoms with Gasteiger partial charge in [0.05, 0.1) is 33.1 Å². The Kier molecular flexibility index (Phi) is 8.46. The molecule has 0 saturated carbocycles. The fourth-order valence-electron chi connectivity index (χ4n) is 5.04. The first-order chi connectivity index (χ1) is 20.8. The molecule has 0 aliphatic carbocycles. The Balaban J connectivity index is 0.000000113. The molecule has 0 atom stereocenters. The van der Waals surface area contributed by atoms with Gasteiger partial charge in [-0.1, -0.05) is 72.8 Å². The van der Waals surface area contributed by atoms with Gasteiger partial charge in [0, 0.05) is 69.5 Å². The number of hydrogen-bond donors (Lipinski definition) is 0. The quantitative estimate of drug-likeness (QED) is 0.116. The van der Waals surface area contributed by atoms with Gasteiger partial charge in [0.1, 0.15) is 0 Å². The fraction of sp³-hybridized carbons (Fsp3) is 0. The molecule has 0 unspecified atom stereocenters. The summed E-state index contributed by atoms with van der Waals surface area (Å²) in [6, 6.07) is 36.4. The molecule has 200 valence electrons. The molecule has 0 spiro atoms. The Morgan fingerprint density at radius 1 is 0.233 bits per heavy atom. The van der Waals surface area contributed by atoms with Gasteiger partial charge in [-0.25, -0.2) is 0 Å². The van der Waals surface area contributed by atoms with Crippen LogP contribution in [0.25, 0.3) is 65.4 Å². The van der Waals surface area contributed by atoms with Gasteiger partial charge in [-0.2, -0.15) is 0 Å². The number of hydrogen-bond acceptors (Lipinski definition) is 6. The molecule has 0 saturated heterocycles. The Labute approximate surface area is 267 Å². The molecular formula is C36H24N6Pb+2. The van der Waals surface area contributed by atoms with Gasteiger partial charge in [-0.15, -0.1) is 0 Å². The second-order valence-corrected chi connectivity index (χ2v) is 9.65. The summed E-state index contributed by atoms with van der Waals surface area (Å²) < 4.78 is 0. The zero-order chi connectivity index (χ0) is 28.1. The van der Waals surface area contributed by atoms with Crippen LogP contribution in [0, 0.1) is 0 Å². The average Bonchev–Trinajstić information content (AvgIpc) is 3.09. The standard InChI is InChI=1S/3C12H8N2.Pb/c3*1-3-9-5-6-10-4-2-8-14-12(10)11(9)13-7-1;/h3*1-8H;/q;;;+2. The zero-order valence-corrected chi connectivity index (χ0v) is 26.9. The van der Waals surface area contributed by atoms with Gasteiger partial charge in [-0.3, -0.25) is 29.9 Å². The van der Waals surface area contributed by atoms with Gasteiger partial charge >= 0.3 is 27.3 Å². The molecule has 0 amide bonds. The molecule has 6 aromatic heterocycles. The van der Waals surface area contributed by atoms with Crippen molar-refractivity contribution >= 4 is 92.7 Å². The first-order valence-electron chi connectivity index (χ1n) is 13.6. The summed E-state index contributed by atoms with van der Waals surface area (Å²) in [7, 11) is 0. The van der Waals surface area contributed by atoms with E-state index in [-0.39, 0.29) is 27.3 Å².